The lowest BCUT2D eigenvalue weighted by Gasteiger charge is -2.37. The molecule has 1 aliphatic carbocycles. The third-order valence-electron chi connectivity index (χ3n) is 12.2. The highest BCUT2D eigenvalue weighted by Gasteiger charge is 2.64. The van der Waals surface area contributed by atoms with Crippen molar-refractivity contribution in [1.82, 2.24) is 35.2 Å². The Morgan fingerprint density at radius 3 is 2.71 bits per heavy atom. The first-order valence-corrected chi connectivity index (χ1v) is 21.2. The van der Waals surface area contributed by atoms with Crippen molar-refractivity contribution < 1.29 is 33.4 Å². The van der Waals surface area contributed by atoms with E-state index in [9.17, 15) is 19.2 Å². The molecule has 3 aliphatic heterocycles. The van der Waals surface area contributed by atoms with E-state index in [0.29, 0.717) is 49.6 Å². The van der Waals surface area contributed by atoms with Crippen LogP contribution in [0.25, 0.3) is 33.4 Å². The number of hydrogen-bond acceptors (Lipinski definition) is 11. The van der Waals surface area contributed by atoms with Crippen LogP contribution in [0.1, 0.15) is 75.9 Å². The number of nitrogens with one attached hydrogen (secondary N) is 2. The molecule has 0 unspecified atom stereocenters. The van der Waals surface area contributed by atoms with Gasteiger partial charge in [-0.2, -0.15) is 0 Å². The molecule has 7 atom stereocenters. The summed E-state index contributed by atoms with van der Waals surface area (Å²) >= 11 is 1.36. The quantitative estimate of drug-likeness (QED) is 0.231. The molecule has 3 aromatic heterocycles. The van der Waals surface area contributed by atoms with Crippen LogP contribution in [0.4, 0.5) is 0 Å². The van der Waals surface area contributed by atoms with Gasteiger partial charge in [-0.1, -0.05) is 19.9 Å². The van der Waals surface area contributed by atoms with Gasteiger partial charge in [-0.3, -0.25) is 29.2 Å². The van der Waals surface area contributed by atoms with Gasteiger partial charge in [0.15, 0.2) is 0 Å². The Morgan fingerprint density at radius 1 is 1.17 bits per heavy atom. The summed E-state index contributed by atoms with van der Waals surface area (Å²) < 4.78 is 20.5. The number of carbonyl (C=O) groups is 4. The fraction of sp³-hybridized carbons (Fsp3) is 0.535. The SMILES string of the molecule is CCO[C@@H]1c2nc(cs2)-c2ccc3c(c2)c(c(-c2cccnc2[C@H](C)OC)n3CC)CC(C)(C)COC(=O)[C@@H]2CCCN(N2)C(=O)[C@H]1NC(=O)[C@H]1[C@@H]2CN(C)C(=O)[C@@H]21. The molecule has 58 heavy (non-hydrogen) atoms. The van der Waals surface area contributed by atoms with Crippen molar-refractivity contribution in [2.45, 2.75) is 84.7 Å². The van der Waals surface area contributed by atoms with E-state index in [1.807, 2.05) is 25.3 Å². The van der Waals surface area contributed by atoms with Crippen LogP contribution in [0, 0.1) is 23.2 Å². The predicted molar refractivity (Wildman–Crippen MR) is 218 cm³/mol. The van der Waals surface area contributed by atoms with Gasteiger partial charge in [0.1, 0.15) is 23.2 Å². The fourth-order valence-electron chi connectivity index (χ4n) is 9.14. The molecule has 15 heteroatoms. The number of cyclic esters (lactones) is 1. The van der Waals surface area contributed by atoms with Crippen LogP contribution in [-0.4, -0.2) is 101 Å². The van der Waals surface area contributed by atoms with Crippen molar-refractivity contribution >= 4 is 45.9 Å². The average Bonchev–Trinajstić information content (AvgIpc) is 3.44. The molecule has 0 radical (unpaired) electrons. The number of ether oxygens (including phenoxy) is 3. The normalized spacial score (nSPS) is 26.3. The maximum atomic E-state index is 14.6. The monoisotopic (exact) mass is 811 g/mol. The third kappa shape index (κ3) is 7.20. The van der Waals surface area contributed by atoms with Gasteiger partial charge in [0.05, 0.1) is 41.6 Å². The summed E-state index contributed by atoms with van der Waals surface area (Å²) in [6.45, 7) is 12.1. The number of benzene rings is 1. The van der Waals surface area contributed by atoms with Crippen molar-refractivity contribution in [3.63, 3.8) is 0 Å². The first-order valence-electron chi connectivity index (χ1n) is 20.4. The first kappa shape index (κ1) is 40.1. The molecule has 4 aromatic rings. The molecule has 1 aromatic carbocycles. The number of piperidine rings is 1. The summed E-state index contributed by atoms with van der Waals surface area (Å²) in [6.07, 6.45) is 2.21. The molecule has 0 spiro atoms. The van der Waals surface area contributed by atoms with E-state index < -0.39 is 41.4 Å². The summed E-state index contributed by atoms with van der Waals surface area (Å²) in [5.74, 6) is -2.30. The van der Waals surface area contributed by atoms with E-state index in [4.69, 9.17) is 24.2 Å². The third-order valence-corrected chi connectivity index (χ3v) is 13.1. The number of carbonyl (C=O) groups excluding carboxylic acids is 4. The Morgan fingerprint density at radius 2 is 1.98 bits per heavy atom. The standard InChI is InChI=1S/C43H53N7O7S/c1-8-49-31-15-14-24-18-26(31)27(36(49)25-12-10-16-44-34(25)23(3)55-7)19-43(4,5)22-57-42(54)29-13-11-17-50(47-29)41(53)35(37(56-9-2)39-45-30(24)21-58-39)46-38(51)32-28-20-48(6)40(52)33(28)32/h10,12,14-16,18,21,23,28-29,32-33,35,37,47H,8-9,11,13,17,19-20,22H2,1-7H3,(H,46,51)/t23-,28-,29-,32-,33-,35-,37-/m0/s1. The summed E-state index contributed by atoms with van der Waals surface area (Å²) in [7, 11) is 3.43. The summed E-state index contributed by atoms with van der Waals surface area (Å²) in [6, 6.07) is 8.44. The minimum absolute atomic E-state index is 0.0544. The minimum atomic E-state index is -1.18. The molecule has 2 saturated heterocycles. The number of fused-ring (bicyclic) bond motifs is 7. The van der Waals surface area contributed by atoms with E-state index >= 15 is 0 Å². The van der Waals surface area contributed by atoms with Gasteiger partial charge in [0.25, 0.3) is 5.91 Å². The van der Waals surface area contributed by atoms with Gasteiger partial charge in [-0.15, -0.1) is 11.3 Å². The van der Waals surface area contributed by atoms with E-state index in [1.54, 1.807) is 25.3 Å². The number of aryl methyl sites for hydroxylation is 1. The molecule has 14 nitrogen and oxygen atoms in total. The number of methoxy groups -OCH3 is 1. The van der Waals surface area contributed by atoms with Crippen LogP contribution in [0.3, 0.4) is 0 Å². The van der Waals surface area contributed by atoms with Crippen molar-refractivity contribution in [3.05, 3.63) is 58.2 Å². The summed E-state index contributed by atoms with van der Waals surface area (Å²) in [4.78, 5) is 66.7. The maximum absolute atomic E-state index is 14.6. The molecule has 8 rings (SSSR count). The molecule has 1 saturated carbocycles. The zero-order chi connectivity index (χ0) is 41.0. The lowest BCUT2D eigenvalue weighted by atomic mass is 9.84. The average molecular weight is 812 g/mol. The second kappa shape index (κ2) is 15.8. The van der Waals surface area contributed by atoms with Gasteiger partial charge in [-0.25, -0.2) is 10.4 Å². The van der Waals surface area contributed by atoms with Crippen LogP contribution in [-0.2, 0) is 46.4 Å². The number of aromatic nitrogens is 3. The molecular weight excluding hydrogens is 759 g/mol. The Balaban J connectivity index is 1.26. The summed E-state index contributed by atoms with van der Waals surface area (Å²) in [5.41, 5.74) is 9.25. The topological polar surface area (TPSA) is 157 Å². The van der Waals surface area contributed by atoms with Crippen molar-refractivity contribution in [2.75, 3.05) is 40.5 Å². The molecule has 308 valence electrons. The Kier molecular flexibility index (Phi) is 10.9. The summed E-state index contributed by atoms with van der Waals surface area (Å²) in [5, 5.41) is 7.95. The largest absolute Gasteiger partial charge is 0.464 e. The number of rotatable bonds is 8. The number of esters is 1. The number of likely N-dealkylation sites (tertiary alicyclic amines) is 1. The van der Waals surface area contributed by atoms with Crippen LogP contribution in [0.5, 0.6) is 0 Å². The molecule has 6 heterocycles. The fourth-order valence-corrected chi connectivity index (χ4v) is 10.1. The van der Waals surface area contributed by atoms with Crippen LogP contribution >= 0.6 is 11.3 Å². The highest BCUT2D eigenvalue weighted by atomic mass is 32.1. The second-order valence-electron chi connectivity index (χ2n) is 16.7. The van der Waals surface area contributed by atoms with E-state index in [-0.39, 0.29) is 43.0 Å². The zero-order valence-corrected chi connectivity index (χ0v) is 35.1. The molecular formula is C43H53N7O7S. The van der Waals surface area contributed by atoms with Crippen molar-refractivity contribution in [1.29, 1.82) is 0 Å². The van der Waals surface area contributed by atoms with Crippen LogP contribution in [0.15, 0.2) is 41.9 Å². The molecule has 3 fully saturated rings. The minimum Gasteiger partial charge on any atom is -0.464 e. The highest BCUT2D eigenvalue weighted by molar-refractivity contribution is 7.10. The molecule has 4 aliphatic rings. The lowest BCUT2D eigenvalue weighted by molar-refractivity contribution is -0.156. The van der Waals surface area contributed by atoms with Gasteiger partial charge in [-0.05, 0) is 69.9 Å². The Labute approximate surface area is 342 Å². The van der Waals surface area contributed by atoms with Gasteiger partial charge >= 0.3 is 5.97 Å². The molecule has 3 amide bonds. The lowest BCUT2D eigenvalue weighted by Crippen LogP contribution is -2.61. The van der Waals surface area contributed by atoms with E-state index in [1.165, 1.54) is 16.3 Å². The molecule has 6 bridgehead atoms. The van der Waals surface area contributed by atoms with Gasteiger partial charge < -0.3 is 29.0 Å². The van der Waals surface area contributed by atoms with Gasteiger partial charge in [0, 0.05) is 85.3 Å². The van der Waals surface area contributed by atoms with Crippen molar-refractivity contribution in [3.8, 4) is 22.5 Å². The molecule has 2 N–H and O–H groups in total. The zero-order valence-electron chi connectivity index (χ0n) is 34.2. The number of amides is 3. The predicted octanol–water partition coefficient (Wildman–Crippen LogP) is 5.07. The van der Waals surface area contributed by atoms with Crippen LogP contribution < -0.4 is 10.7 Å². The van der Waals surface area contributed by atoms with Crippen LogP contribution in [0.2, 0.25) is 0 Å². The number of pyridine rings is 1. The van der Waals surface area contributed by atoms with E-state index in [0.717, 1.165) is 39.0 Å². The van der Waals surface area contributed by atoms with Gasteiger partial charge in [0.2, 0.25) is 11.8 Å². The second-order valence-corrected chi connectivity index (χ2v) is 17.6. The van der Waals surface area contributed by atoms with E-state index in [2.05, 4.69) is 60.3 Å². The Bertz CT molecular complexity index is 2250. The number of nitrogens with zero attached hydrogens (tertiary/aromatic N) is 5. The Hall–Kier alpha value is -4.70. The van der Waals surface area contributed by atoms with Crippen molar-refractivity contribution in [2.24, 2.45) is 23.2 Å². The number of hydrazine groups is 1. The maximum Gasteiger partial charge on any atom is 0.324 e. The number of thiazole rings is 1. The number of hydrogen-bond donors (Lipinski definition) is 2. The highest BCUT2D eigenvalue weighted by Crippen LogP contribution is 2.52. The smallest absolute Gasteiger partial charge is 0.324 e. The first-order chi connectivity index (χ1) is 27.8.